The number of phenols is 6. The number of hydrogen-bond donors (Lipinski definition) is 6. The van der Waals surface area contributed by atoms with Crippen LogP contribution in [0.2, 0.25) is 0 Å². The highest BCUT2D eigenvalue weighted by atomic mass is 16.5. The van der Waals surface area contributed by atoms with Crippen molar-refractivity contribution < 1.29 is 49.7 Å². The fourth-order valence-electron chi connectivity index (χ4n) is 5.88. The van der Waals surface area contributed by atoms with Gasteiger partial charge in [0.25, 0.3) is 0 Å². The fraction of sp³-hybridized carbons (Fsp3) is 0.171. The molecule has 4 aromatic carbocycles. The van der Waals surface area contributed by atoms with E-state index in [4.69, 9.17) is 9.47 Å². The van der Waals surface area contributed by atoms with Crippen molar-refractivity contribution in [2.24, 2.45) is 0 Å². The van der Waals surface area contributed by atoms with E-state index in [1.807, 2.05) is 0 Å². The lowest BCUT2D eigenvalue weighted by molar-refractivity contribution is 0.102. The largest absolute Gasteiger partial charge is 0.508 e. The molecule has 51 heavy (non-hydrogen) atoms. The number of benzene rings is 4. The van der Waals surface area contributed by atoms with Gasteiger partial charge in [-0.05, 0) is 99.5 Å². The molecule has 2 aliphatic heterocycles. The molecular weight excluding hydrogens is 652 g/mol. The van der Waals surface area contributed by atoms with E-state index < -0.39 is 52.2 Å². The molecule has 6 rings (SSSR count). The number of rotatable bonds is 8. The Balaban J connectivity index is 1.50. The van der Waals surface area contributed by atoms with E-state index in [1.165, 1.54) is 48.6 Å². The summed E-state index contributed by atoms with van der Waals surface area (Å²) in [5.41, 5.74) is -1.39. The quantitative estimate of drug-likeness (QED) is 0.0796. The summed E-state index contributed by atoms with van der Waals surface area (Å²) < 4.78 is 12.2. The highest BCUT2D eigenvalue weighted by Crippen LogP contribution is 2.52. The number of carbonyl (C=O) groups excluding carboxylic acids is 2. The Bertz CT molecular complexity index is 2040. The van der Waals surface area contributed by atoms with Crippen molar-refractivity contribution in [3.8, 4) is 46.0 Å². The van der Waals surface area contributed by atoms with E-state index in [2.05, 4.69) is 0 Å². The third kappa shape index (κ3) is 6.76. The minimum Gasteiger partial charge on any atom is -0.508 e. The normalized spacial score (nSPS) is 15.3. The van der Waals surface area contributed by atoms with Crippen LogP contribution in [0.4, 0.5) is 0 Å². The van der Waals surface area contributed by atoms with Gasteiger partial charge in [0.05, 0.1) is 11.1 Å². The van der Waals surface area contributed by atoms with Crippen LogP contribution in [0, 0.1) is 0 Å². The average molecular weight is 689 g/mol. The molecule has 0 fully saturated rings. The van der Waals surface area contributed by atoms with Crippen molar-refractivity contribution in [3.63, 3.8) is 0 Å². The zero-order chi connectivity index (χ0) is 36.8. The molecule has 0 saturated heterocycles. The molecule has 6 N–H and O–H groups in total. The average Bonchev–Trinajstić information content (AvgIpc) is 3.06. The first-order valence-corrected chi connectivity index (χ1v) is 16.1. The molecule has 0 unspecified atom stereocenters. The number of ether oxygens (including phenoxy) is 2. The molecule has 0 spiro atoms. The van der Waals surface area contributed by atoms with Gasteiger partial charge >= 0.3 is 0 Å². The molecular formula is C41H36O10. The third-order valence-electron chi connectivity index (χ3n) is 8.59. The molecule has 260 valence electrons. The maximum atomic E-state index is 13.8. The molecule has 10 heteroatoms. The predicted molar refractivity (Wildman–Crippen MR) is 193 cm³/mol. The van der Waals surface area contributed by atoms with Crippen LogP contribution in [0.1, 0.15) is 81.8 Å². The van der Waals surface area contributed by atoms with E-state index in [0.29, 0.717) is 11.1 Å². The molecule has 0 bridgehead atoms. The minimum absolute atomic E-state index is 0.0495. The topological polar surface area (TPSA) is 174 Å². The van der Waals surface area contributed by atoms with Gasteiger partial charge < -0.3 is 40.1 Å². The van der Waals surface area contributed by atoms with E-state index >= 15 is 0 Å². The summed E-state index contributed by atoms with van der Waals surface area (Å²) in [6.45, 7) is 6.96. The summed E-state index contributed by atoms with van der Waals surface area (Å²) in [7, 11) is 0. The van der Waals surface area contributed by atoms with Crippen LogP contribution in [0.25, 0.3) is 24.3 Å². The highest BCUT2D eigenvalue weighted by molar-refractivity contribution is 6.13. The first-order valence-electron chi connectivity index (χ1n) is 16.1. The SMILES string of the molecule is CC1(C)C=Cc2c(O)c(Cc3c(O)c4c(c(C(=O)/C=C/c5ccc(O)cc5)c3O)OC(C)(C)C=C4)c(O)c(C(=O)/C=C/c3ccc(O)cc3)c2O1. The Hall–Kier alpha value is -6.42. The van der Waals surface area contributed by atoms with Gasteiger partial charge in [-0.1, -0.05) is 36.4 Å². The molecule has 2 heterocycles. The van der Waals surface area contributed by atoms with Crippen molar-refractivity contribution >= 4 is 35.9 Å². The Kier molecular flexibility index (Phi) is 8.64. The summed E-state index contributed by atoms with van der Waals surface area (Å²) in [5, 5.41) is 65.7. The molecule has 4 aromatic rings. The maximum absolute atomic E-state index is 13.8. The second kappa shape index (κ2) is 12.8. The molecule has 0 aromatic heterocycles. The summed E-state index contributed by atoms with van der Waals surface area (Å²) in [6.07, 6.45) is 11.4. The van der Waals surface area contributed by atoms with E-state index in [9.17, 15) is 40.2 Å². The summed E-state index contributed by atoms with van der Waals surface area (Å²) in [4.78, 5) is 27.5. The number of fused-ring (bicyclic) bond motifs is 2. The minimum atomic E-state index is -0.902. The molecule has 0 atom stereocenters. The number of carbonyl (C=O) groups is 2. The maximum Gasteiger partial charge on any atom is 0.193 e. The second-order valence-electron chi connectivity index (χ2n) is 13.4. The second-order valence-corrected chi connectivity index (χ2v) is 13.4. The van der Waals surface area contributed by atoms with Crippen molar-refractivity contribution in [2.75, 3.05) is 0 Å². The standard InChI is InChI=1S/C41H36O10/c1-40(2)19-17-26-34(46)28(36(48)32(38(26)50-40)30(44)15-9-22-5-11-24(42)12-6-22)21-29-35(47)27-18-20-41(3,4)51-39(27)33(37(29)49)31(45)16-10-23-7-13-25(43)14-8-23/h5-20,42-43,46-49H,21H2,1-4H3/b15-9+,16-10+. The molecule has 0 amide bonds. The van der Waals surface area contributed by atoms with Crippen LogP contribution in [0.15, 0.2) is 72.8 Å². The zero-order valence-electron chi connectivity index (χ0n) is 28.3. The van der Waals surface area contributed by atoms with Crippen molar-refractivity contribution in [1.29, 1.82) is 0 Å². The number of aromatic hydroxyl groups is 6. The van der Waals surface area contributed by atoms with Crippen LogP contribution in [-0.2, 0) is 6.42 Å². The van der Waals surface area contributed by atoms with Gasteiger partial charge in [0.15, 0.2) is 11.6 Å². The van der Waals surface area contributed by atoms with Crippen molar-refractivity contribution in [2.45, 2.75) is 45.3 Å². The van der Waals surface area contributed by atoms with Gasteiger partial charge in [0.2, 0.25) is 0 Å². The van der Waals surface area contributed by atoms with Crippen LogP contribution >= 0.6 is 0 Å². The summed E-state index contributed by atoms with van der Waals surface area (Å²) in [5.74, 6) is -3.58. The van der Waals surface area contributed by atoms with Gasteiger partial charge in [-0.3, -0.25) is 9.59 Å². The van der Waals surface area contributed by atoms with Gasteiger partial charge in [0, 0.05) is 17.5 Å². The highest BCUT2D eigenvalue weighted by Gasteiger charge is 2.36. The van der Waals surface area contributed by atoms with Gasteiger partial charge in [-0.25, -0.2) is 0 Å². The number of phenolic OH excluding ortho intramolecular Hbond substituents is 6. The number of hydrogen-bond acceptors (Lipinski definition) is 10. The Labute approximate surface area is 293 Å². The third-order valence-corrected chi connectivity index (χ3v) is 8.59. The zero-order valence-corrected chi connectivity index (χ0v) is 28.3. The van der Waals surface area contributed by atoms with Crippen molar-refractivity contribution in [3.05, 3.63) is 117 Å². The summed E-state index contributed by atoms with van der Waals surface area (Å²) >= 11 is 0. The number of allylic oxidation sites excluding steroid dienone is 2. The smallest absolute Gasteiger partial charge is 0.193 e. The molecule has 0 radical (unpaired) electrons. The lowest BCUT2D eigenvalue weighted by Crippen LogP contribution is -2.29. The Morgan fingerprint density at radius 2 is 0.922 bits per heavy atom. The Morgan fingerprint density at radius 1 is 0.569 bits per heavy atom. The van der Waals surface area contributed by atoms with Crippen LogP contribution < -0.4 is 9.47 Å². The van der Waals surface area contributed by atoms with Crippen molar-refractivity contribution in [1.82, 2.24) is 0 Å². The fourth-order valence-corrected chi connectivity index (χ4v) is 5.88. The lowest BCUT2D eigenvalue weighted by Gasteiger charge is -2.31. The molecule has 2 aliphatic rings. The van der Waals surface area contributed by atoms with Crippen LogP contribution in [0.3, 0.4) is 0 Å². The summed E-state index contributed by atoms with van der Waals surface area (Å²) in [6, 6.07) is 12.2. The van der Waals surface area contributed by atoms with Gasteiger partial charge in [-0.2, -0.15) is 0 Å². The van der Waals surface area contributed by atoms with Gasteiger partial charge in [-0.15, -0.1) is 0 Å². The van der Waals surface area contributed by atoms with E-state index in [1.54, 1.807) is 76.3 Å². The van der Waals surface area contributed by atoms with E-state index in [-0.39, 0.29) is 56.4 Å². The van der Waals surface area contributed by atoms with Crippen LogP contribution in [0.5, 0.6) is 46.0 Å². The molecule has 0 saturated carbocycles. The Morgan fingerprint density at radius 3 is 1.27 bits per heavy atom. The first-order chi connectivity index (χ1) is 24.0. The first kappa shape index (κ1) is 34.4. The molecule has 0 aliphatic carbocycles. The predicted octanol–water partition coefficient (Wildman–Crippen LogP) is 7.67. The van der Waals surface area contributed by atoms with Gasteiger partial charge in [0.1, 0.15) is 68.3 Å². The van der Waals surface area contributed by atoms with Crippen LogP contribution in [-0.4, -0.2) is 53.4 Å². The monoisotopic (exact) mass is 688 g/mol. The molecule has 10 nitrogen and oxygen atoms in total. The lowest BCUT2D eigenvalue weighted by atomic mass is 9.87. The van der Waals surface area contributed by atoms with E-state index in [0.717, 1.165) is 0 Å². The number of ketones is 2.